The van der Waals surface area contributed by atoms with E-state index in [4.69, 9.17) is 9.84 Å². The SMILES string of the molecule is CC(C)C(OCc1ccc(O)cc1)C(=O)N[C@@H](C)c1ccc(C(=O)O)cc1. The van der Waals surface area contributed by atoms with Gasteiger partial charge in [-0.15, -0.1) is 0 Å². The summed E-state index contributed by atoms with van der Waals surface area (Å²) in [6, 6.07) is 12.8. The molecule has 0 aliphatic carbocycles. The van der Waals surface area contributed by atoms with Gasteiger partial charge in [0, 0.05) is 0 Å². The number of ether oxygens (including phenoxy) is 1. The van der Waals surface area contributed by atoms with Gasteiger partial charge in [-0.3, -0.25) is 4.79 Å². The van der Waals surface area contributed by atoms with Crippen LogP contribution in [0.3, 0.4) is 0 Å². The largest absolute Gasteiger partial charge is 0.508 e. The van der Waals surface area contributed by atoms with E-state index >= 15 is 0 Å². The van der Waals surface area contributed by atoms with Gasteiger partial charge in [0.15, 0.2) is 0 Å². The molecule has 2 rings (SSSR count). The van der Waals surface area contributed by atoms with Crippen LogP contribution in [0.2, 0.25) is 0 Å². The van der Waals surface area contributed by atoms with Crippen molar-refractivity contribution in [2.24, 2.45) is 5.92 Å². The second-order valence-electron chi connectivity index (χ2n) is 6.80. The number of aromatic carboxylic acids is 1. The summed E-state index contributed by atoms with van der Waals surface area (Å²) in [6.07, 6.45) is -0.625. The van der Waals surface area contributed by atoms with Crippen LogP contribution in [0.1, 0.15) is 48.3 Å². The van der Waals surface area contributed by atoms with E-state index in [9.17, 15) is 14.7 Å². The first-order valence-electron chi connectivity index (χ1n) is 8.81. The van der Waals surface area contributed by atoms with E-state index in [1.165, 1.54) is 12.1 Å². The van der Waals surface area contributed by atoms with Crippen LogP contribution in [0, 0.1) is 5.92 Å². The topological polar surface area (TPSA) is 95.9 Å². The first-order chi connectivity index (χ1) is 12.8. The summed E-state index contributed by atoms with van der Waals surface area (Å²) in [7, 11) is 0. The second kappa shape index (κ2) is 9.19. The zero-order chi connectivity index (χ0) is 20.0. The van der Waals surface area contributed by atoms with Crippen LogP contribution in [-0.2, 0) is 16.1 Å². The maximum atomic E-state index is 12.6. The van der Waals surface area contributed by atoms with E-state index in [0.29, 0.717) is 0 Å². The zero-order valence-corrected chi connectivity index (χ0v) is 15.7. The predicted octanol–water partition coefficient (Wildman–Crippen LogP) is 3.51. The van der Waals surface area contributed by atoms with Gasteiger partial charge < -0.3 is 20.3 Å². The molecule has 0 aliphatic heterocycles. The maximum Gasteiger partial charge on any atom is 0.335 e. The van der Waals surface area contributed by atoms with E-state index in [-0.39, 0.29) is 35.8 Å². The molecule has 2 aromatic carbocycles. The standard InChI is InChI=1S/C21H25NO5/c1-13(2)19(27-12-15-4-10-18(23)11-5-15)20(24)22-14(3)16-6-8-17(9-7-16)21(25)26/h4-11,13-14,19,23H,12H2,1-3H3,(H,22,24)(H,25,26)/t14-,19?/m0/s1. The van der Waals surface area contributed by atoms with Crippen molar-refractivity contribution in [3.05, 3.63) is 65.2 Å². The highest BCUT2D eigenvalue weighted by Crippen LogP contribution is 2.17. The lowest BCUT2D eigenvalue weighted by molar-refractivity contribution is -0.137. The van der Waals surface area contributed by atoms with Crippen molar-refractivity contribution >= 4 is 11.9 Å². The summed E-state index contributed by atoms with van der Waals surface area (Å²) in [5, 5.41) is 21.2. The van der Waals surface area contributed by atoms with E-state index in [1.807, 2.05) is 20.8 Å². The maximum absolute atomic E-state index is 12.6. The first-order valence-corrected chi connectivity index (χ1v) is 8.81. The number of carboxylic acids is 1. The number of benzene rings is 2. The fourth-order valence-corrected chi connectivity index (χ4v) is 2.64. The van der Waals surface area contributed by atoms with Crippen LogP contribution in [0.5, 0.6) is 5.75 Å². The molecule has 0 heterocycles. The Kier molecular flexibility index (Phi) is 6.96. The summed E-state index contributed by atoms with van der Waals surface area (Å²) < 4.78 is 5.81. The van der Waals surface area contributed by atoms with E-state index in [0.717, 1.165) is 11.1 Å². The van der Waals surface area contributed by atoms with E-state index in [2.05, 4.69) is 5.32 Å². The molecule has 0 saturated carbocycles. The molecule has 0 fully saturated rings. The molecule has 0 radical (unpaired) electrons. The third-order valence-corrected chi connectivity index (χ3v) is 4.25. The quantitative estimate of drug-likeness (QED) is 0.660. The smallest absolute Gasteiger partial charge is 0.335 e. The number of carbonyl (C=O) groups is 2. The summed E-state index contributed by atoms with van der Waals surface area (Å²) in [5.41, 5.74) is 1.88. The van der Waals surface area contributed by atoms with Gasteiger partial charge in [-0.25, -0.2) is 4.79 Å². The van der Waals surface area contributed by atoms with Crippen molar-refractivity contribution in [2.75, 3.05) is 0 Å². The minimum Gasteiger partial charge on any atom is -0.508 e. The van der Waals surface area contributed by atoms with Crippen LogP contribution in [0.25, 0.3) is 0 Å². The molecule has 1 amide bonds. The molecule has 1 unspecified atom stereocenters. The van der Waals surface area contributed by atoms with Gasteiger partial charge in [0.25, 0.3) is 0 Å². The minimum atomic E-state index is -0.985. The molecule has 0 bridgehead atoms. The fraction of sp³-hybridized carbons (Fsp3) is 0.333. The molecule has 0 saturated heterocycles. The number of rotatable bonds is 8. The molecule has 0 aliphatic rings. The van der Waals surface area contributed by atoms with Crippen molar-refractivity contribution in [3.8, 4) is 5.75 Å². The fourth-order valence-electron chi connectivity index (χ4n) is 2.64. The Morgan fingerprint density at radius 3 is 2.11 bits per heavy atom. The lowest BCUT2D eigenvalue weighted by Crippen LogP contribution is -2.40. The lowest BCUT2D eigenvalue weighted by Gasteiger charge is -2.23. The van der Waals surface area contributed by atoms with Crippen LogP contribution in [0.4, 0.5) is 0 Å². The van der Waals surface area contributed by atoms with Crippen LogP contribution >= 0.6 is 0 Å². The van der Waals surface area contributed by atoms with Gasteiger partial charge in [0.2, 0.25) is 5.91 Å². The van der Waals surface area contributed by atoms with Gasteiger partial charge in [-0.05, 0) is 48.2 Å². The van der Waals surface area contributed by atoms with Gasteiger partial charge in [-0.2, -0.15) is 0 Å². The molecule has 3 N–H and O–H groups in total. The molecule has 0 aromatic heterocycles. The van der Waals surface area contributed by atoms with Crippen molar-refractivity contribution in [2.45, 2.75) is 39.5 Å². The third kappa shape index (κ3) is 5.82. The van der Waals surface area contributed by atoms with Gasteiger partial charge >= 0.3 is 5.97 Å². The highest BCUT2D eigenvalue weighted by Gasteiger charge is 2.24. The molecule has 0 spiro atoms. The number of aromatic hydroxyl groups is 1. The Labute approximate surface area is 158 Å². The Balaban J connectivity index is 1.98. The molecule has 6 heteroatoms. The van der Waals surface area contributed by atoms with Crippen LogP contribution in [0.15, 0.2) is 48.5 Å². The van der Waals surface area contributed by atoms with Crippen molar-refractivity contribution < 1.29 is 24.5 Å². The van der Waals surface area contributed by atoms with E-state index in [1.54, 1.807) is 36.4 Å². The highest BCUT2D eigenvalue weighted by atomic mass is 16.5. The summed E-state index contributed by atoms with van der Waals surface area (Å²) in [4.78, 5) is 23.6. The Morgan fingerprint density at radius 2 is 1.59 bits per heavy atom. The number of carbonyl (C=O) groups excluding carboxylic acids is 1. The summed E-state index contributed by atoms with van der Waals surface area (Å²) >= 11 is 0. The average Bonchev–Trinajstić information content (AvgIpc) is 2.63. The van der Waals surface area contributed by atoms with Crippen LogP contribution in [-0.4, -0.2) is 28.2 Å². The molecule has 27 heavy (non-hydrogen) atoms. The van der Waals surface area contributed by atoms with Crippen LogP contribution < -0.4 is 5.32 Å². The van der Waals surface area contributed by atoms with Crippen molar-refractivity contribution in [3.63, 3.8) is 0 Å². The Hall–Kier alpha value is -2.86. The van der Waals surface area contributed by atoms with Crippen molar-refractivity contribution in [1.29, 1.82) is 0 Å². The van der Waals surface area contributed by atoms with E-state index < -0.39 is 12.1 Å². The number of amides is 1. The number of carboxylic acid groups (broad SMARTS) is 1. The number of phenolic OH excluding ortho intramolecular Hbond substituents is 1. The predicted molar refractivity (Wildman–Crippen MR) is 101 cm³/mol. The summed E-state index contributed by atoms with van der Waals surface area (Å²) in [6.45, 7) is 5.92. The minimum absolute atomic E-state index is 0.0244. The zero-order valence-electron chi connectivity index (χ0n) is 15.7. The monoisotopic (exact) mass is 371 g/mol. The number of nitrogens with one attached hydrogen (secondary N) is 1. The number of hydrogen-bond donors (Lipinski definition) is 3. The third-order valence-electron chi connectivity index (χ3n) is 4.25. The van der Waals surface area contributed by atoms with Gasteiger partial charge in [-0.1, -0.05) is 38.1 Å². The Morgan fingerprint density at radius 1 is 1.00 bits per heavy atom. The average molecular weight is 371 g/mol. The number of phenols is 1. The van der Waals surface area contributed by atoms with Crippen molar-refractivity contribution in [1.82, 2.24) is 5.32 Å². The molecule has 144 valence electrons. The normalized spacial score (nSPS) is 13.2. The second-order valence-corrected chi connectivity index (χ2v) is 6.80. The highest BCUT2D eigenvalue weighted by molar-refractivity contribution is 5.87. The molecule has 2 aromatic rings. The lowest BCUT2D eigenvalue weighted by atomic mass is 10.0. The van der Waals surface area contributed by atoms with Gasteiger partial charge in [0.1, 0.15) is 11.9 Å². The summed E-state index contributed by atoms with van der Waals surface area (Å²) in [5.74, 6) is -1.05. The van der Waals surface area contributed by atoms with Gasteiger partial charge in [0.05, 0.1) is 18.2 Å². The molecule has 6 nitrogen and oxygen atoms in total. The molecular weight excluding hydrogens is 346 g/mol. The first kappa shape index (κ1) is 20.5. The molecule has 2 atom stereocenters. The molecular formula is C21H25NO5. The number of hydrogen-bond acceptors (Lipinski definition) is 4. The Bertz CT molecular complexity index is 768.